The second kappa shape index (κ2) is 4.74. The quantitative estimate of drug-likeness (QED) is 0.500. The number of fused-ring (bicyclic) bond motifs is 1. The number of nitrogens with one attached hydrogen (secondary N) is 2. The lowest BCUT2D eigenvalue weighted by Crippen LogP contribution is -2.10. The number of ether oxygens (including phenoxy) is 1. The third-order valence-electron chi connectivity index (χ3n) is 3.33. The molecule has 20 heavy (non-hydrogen) atoms. The average molecular weight is 265 g/mol. The molecule has 3 rings (SSSR count). The Morgan fingerprint density at radius 1 is 1.20 bits per heavy atom. The summed E-state index contributed by atoms with van der Waals surface area (Å²) >= 11 is 0. The number of amidine groups is 1. The van der Waals surface area contributed by atoms with Gasteiger partial charge in [-0.2, -0.15) is 0 Å². The fourth-order valence-corrected chi connectivity index (χ4v) is 2.23. The predicted molar refractivity (Wildman–Crippen MR) is 80.6 cm³/mol. The van der Waals surface area contributed by atoms with Crippen molar-refractivity contribution in [1.82, 2.24) is 4.98 Å². The van der Waals surface area contributed by atoms with Gasteiger partial charge in [-0.25, -0.2) is 0 Å². The van der Waals surface area contributed by atoms with Crippen LogP contribution in [0.2, 0.25) is 0 Å². The highest BCUT2D eigenvalue weighted by molar-refractivity contribution is 5.95. The normalized spacial score (nSPS) is 10.7. The van der Waals surface area contributed by atoms with Gasteiger partial charge in [-0.15, -0.1) is 0 Å². The van der Waals surface area contributed by atoms with Gasteiger partial charge in [0, 0.05) is 28.2 Å². The molecule has 0 radical (unpaired) electrons. The van der Waals surface area contributed by atoms with Crippen molar-refractivity contribution in [3.05, 3.63) is 59.8 Å². The van der Waals surface area contributed by atoms with E-state index in [4.69, 9.17) is 15.9 Å². The molecule has 4 N–H and O–H groups in total. The summed E-state index contributed by atoms with van der Waals surface area (Å²) in [4.78, 5) is 3.18. The Morgan fingerprint density at radius 3 is 2.85 bits per heavy atom. The van der Waals surface area contributed by atoms with Crippen LogP contribution in [0.25, 0.3) is 10.9 Å². The number of aromatic nitrogens is 1. The molecule has 0 saturated carbocycles. The van der Waals surface area contributed by atoms with Gasteiger partial charge in [-0.1, -0.05) is 12.1 Å². The van der Waals surface area contributed by atoms with E-state index < -0.39 is 0 Å². The lowest BCUT2D eigenvalue weighted by molar-refractivity contribution is 0.480. The van der Waals surface area contributed by atoms with Gasteiger partial charge in [-0.3, -0.25) is 5.41 Å². The third-order valence-corrected chi connectivity index (χ3v) is 3.33. The Labute approximate surface area is 116 Å². The Balaban J connectivity index is 1.98. The highest BCUT2D eigenvalue weighted by Gasteiger charge is 2.07. The van der Waals surface area contributed by atoms with Crippen molar-refractivity contribution in [2.75, 3.05) is 0 Å². The molecule has 4 heteroatoms. The Morgan fingerprint density at radius 2 is 2.05 bits per heavy atom. The molecule has 0 atom stereocenters. The van der Waals surface area contributed by atoms with E-state index in [-0.39, 0.29) is 5.84 Å². The maximum Gasteiger partial charge on any atom is 0.131 e. The van der Waals surface area contributed by atoms with E-state index in [1.165, 1.54) is 0 Å². The number of H-pyrrole nitrogens is 1. The lowest BCUT2D eigenvalue weighted by Gasteiger charge is -2.10. The fraction of sp³-hybridized carbons (Fsp3) is 0.0625. The Bertz CT molecular complexity index is 789. The van der Waals surface area contributed by atoms with Gasteiger partial charge in [0.15, 0.2) is 0 Å². The molecule has 0 spiro atoms. The van der Waals surface area contributed by atoms with E-state index in [2.05, 4.69) is 4.98 Å². The van der Waals surface area contributed by atoms with Crippen LogP contribution in [0.5, 0.6) is 11.5 Å². The summed E-state index contributed by atoms with van der Waals surface area (Å²) in [6.07, 6.45) is 1.91. The van der Waals surface area contributed by atoms with Crippen LogP contribution < -0.4 is 10.5 Å². The fourth-order valence-electron chi connectivity index (χ4n) is 2.23. The Hall–Kier alpha value is -2.75. The van der Waals surface area contributed by atoms with Crippen LogP contribution in [0.1, 0.15) is 11.1 Å². The highest BCUT2D eigenvalue weighted by Crippen LogP contribution is 2.30. The summed E-state index contributed by atoms with van der Waals surface area (Å²) in [6.45, 7) is 2.03. The number of aromatic amines is 1. The van der Waals surface area contributed by atoms with Crippen LogP contribution in [-0.2, 0) is 0 Å². The first-order chi connectivity index (χ1) is 9.65. The molecule has 0 aliphatic heterocycles. The van der Waals surface area contributed by atoms with E-state index >= 15 is 0 Å². The van der Waals surface area contributed by atoms with Crippen molar-refractivity contribution in [1.29, 1.82) is 5.41 Å². The number of nitrogens with two attached hydrogens (primary N) is 1. The number of rotatable bonds is 3. The van der Waals surface area contributed by atoms with Gasteiger partial charge < -0.3 is 15.5 Å². The van der Waals surface area contributed by atoms with Crippen LogP contribution in [0, 0.1) is 12.3 Å². The molecule has 1 heterocycles. The third kappa shape index (κ3) is 2.12. The van der Waals surface area contributed by atoms with Crippen molar-refractivity contribution in [3.63, 3.8) is 0 Å². The topological polar surface area (TPSA) is 74.9 Å². The highest BCUT2D eigenvalue weighted by atomic mass is 16.5. The summed E-state index contributed by atoms with van der Waals surface area (Å²) < 4.78 is 5.91. The molecule has 3 aromatic rings. The maximum absolute atomic E-state index is 7.46. The van der Waals surface area contributed by atoms with E-state index in [9.17, 15) is 0 Å². The van der Waals surface area contributed by atoms with E-state index in [1.807, 2.05) is 43.5 Å². The zero-order chi connectivity index (χ0) is 14.1. The van der Waals surface area contributed by atoms with Crippen molar-refractivity contribution in [2.45, 2.75) is 6.92 Å². The first-order valence-electron chi connectivity index (χ1n) is 6.34. The zero-order valence-electron chi connectivity index (χ0n) is 11.1. The molecule has 0 aliphatic rings. The largest absolute Gasteiger partial charge is 0.457 e. The van der Waals surface area contributed by atoms with E-state index in [0.29, 0.717) is 11.3 Å². The minimum atomic E-state index is 0.0354. The molecule has 0 aliphatic carbocycles. The van der Waals surface area contributed by atoms with Crippen molar-refractivity contribution in [3.8, 4) is 11.5 Å². The summed E-state index contributed by atoms with van der Waals surface area (Å²) in [6, 6.07) is 13.2. The molecule has 0 fully saturated rings. The molecule has 4 nitrogen and oxygen atoms in total. The first kappa shape index (κ1) is 12.3. The van der Waals surface area contributed by atoms with Crippen LogP contribution in [-0.4, -0.2) is 10.8 Å². The van der Waals surface area contributed by atoms with Gasteiger partial charge in [-0.05, 0) is 37.3 Å². The average Bonchev–Trinajstić information content (AvgIpc) is 2.91. The molecule has 1 aromatic heterocycles. The van der Waals surface area contributed by atoms with E-state index in [0.717, 1.165) is 22.2 Å². The van der Waals surface area contributed by atoms with Crippen LogP contribution >= 0.6 is 0 Å². The molecule has 0 saturated heterocycles. The standard InChI is InChI=1S/C16H15N3O/c1-10-13-7-8-19-14(13)5-6-15(10)20-12-4-2-3-11(9-12)16(17)18/h2-9,19H,1H3,(H3,17,18). The van der Waals surface area contributed by atoms with Gasteiger partial charge in [0.25, 0.3) is 0 Å². The van der Waals surface area contributed by atoms with Gasteiger partial charge in [0.1, 0.15) is 17.3 Å². The molecule has 0 amide bonds. The van der Waals surface area contributed by atoms with Crippen LogP contribution in [0.15, 0.2) is 48.7 Å². The van der Waals surface area contributed by atoms with Crippen LogP contribution in [0.3, 0.4) is 0 Å². The molecule has 0 bridgehead atoms. The molecular weight excluding hydrogens is 250 g/mol. The smallest absolute Gasteiger partial charge is 0.131 e. The maximum atomic E-state index is 7.46. The summed E-state index contributed by atoms with van der Waals surface area (Å²) in [5, 5.41) is 8.60. The first-order valence-corrected chi connectivity index (χ1v) is 6.34. The molecular formula is C16H15N3O. The zero-order valence-corrected chi connectivity index (χ0v) is 11.1. The van der Waals surface area contributed by atoms with Crippen molar-refractivity contribution in [2.24, 2.45) is 5.73 Å². The minimum Gasteiger partial charge on any atom is -0.457 e. The predicted octanol–water partition coefficient (Wildman–Crippen LogP) is 3.55. The van der Waals surface area contributed by atoms with Gasteiger partial charge in [0.05, 0.1) is 0 Å². The molecule has 2 aromatic carbocycles. The molecule has 0 unspecified atom stereocenters. The van der Waals surface area contributed by atoms with E-state index in [1.54, 1.807) is 12.1 Å². The second-order valence-electron chi connectivity index (χ2n) is 4.67. The van der Waals surface area contributed by atoms with Gasteiger partial charge >= 0.3 is 0 Å². The summed E-state index contributed by atoms with van der Waals surface area (Å²) in [5.74, 6) is 1.52. The summed E-state index contributed by atoms with van der Waals surface area (Å²) in [5.41, 5.74) is 8.32. The minimum absolute atomic E-state index is 0.0354. The molecule has 100 valence electrons. The van der Waals surface area contributed by atoms with Crippen molar-refractivity contribution >= 4 is 16.7 Å². The van der Waals surface area contributed by atoms with Gasteiger partial charge in [0.2, 0.25) is 0 Å². The monoisotopic (exact) mass is 265 g/mol. The SMILES string of the molecule is Cc1c(Oc2cccc(C(=N)N)c2)ccc2[nH]ccc12. The second-order valence-corrected chi connectivity index (χ2v) is 4.67. The number of benzene rings is 2. The van der Waals surface area contributed by atoms with Crippen LogP contribution in [0.4, 0.5) is 0 Å². The number of nitrogen functional groups attached to an aromatic ring is 1. The number of hydrogen-bond donors (Lipinski definition) is 3. The number of hydrogen-bond acceptors (Lipinski definition) is 2. The van der Waals surface area contributed by atoms with Crippen molar-refractivity contribution < 1.29 is 4.74 Å². The summed E-state index contributed by atoms with van der Waals surface area (Å²) in [7, 11) is 0. The lowest BCUT2D eigenvalue weighted by atomic mass is 10.1. The number of aryl methyl sites for hydroxylation is 1. The Kier molecular flexibility index (Phi) is 2.91.